The Bertz CT molecular complexity index is 344. The minimum atomic E-state index is 0.254. The predicted octanol–water partition coefficient (Wildman–Crippen LogP) is 3.58. The maximum atomic E-state index is 3.56. The molecule has 2 nitrogen and oxygen atoms in total. The summed E-state index contributed by atoms with van der Waals surface area (Å²) in [6, 6.07) is 10.8. The minimum Gasteiger partial charge on any atom is -0.317 e. The first-order valence-corrected chi connectivity index (χ1v) is 7.99. The van der Waals surface area contributed by atoms with Crippen LogP contribution >= 0.6 is 0 Å². The number of hydrogen-bond acceptors (Lipinski definition) is 2. The number of nitrogens with one attached hydrogen (secondary N) is 2. The van der Waals surface area contributed by atoms with Crippen LogP contribution in [-0.2, 0) is 5.41 Å². The van der Waals surface area contributed by atoms with Crippen LogP contribution in [0.4, 0.5) is 0 Å². The lowest BCUT2D eigenvalue weighted by Gasteiger charge is -2.25. The second-order valence-electron chi connectivity index (χ2n) is 6.70. The Morgan fingerprint density at radius 1 is 0.950 bits per heavy atom. The van der Waals surface area contributed by atoms with Crippen molar-refractivity contribution in [3.8, 4) is 0 Å². The summed E-state index contributed by atoms with van der Waals surface area (Å²) in [6.07, 6.45) is 2.38. The third-order valence-electron chi connectivity index (χ3n) is 3.74. The van der Waals surface area contributed by atoms with Gasteiger partial charge in [-0.2, -0.15) is 0 Å². The third kappa shape index (κ3) is 7.06. The van der Waals surface area contributed by atoms with Gasteiger partial charge >= 0.3 is 0 Å². The molecule has 1 aromatic carbocycles. The van der Waals surface area contributed by atoms with Crippen LogP contribution in [0.5, 0.6) is 0 Å². The lowest BCUT2D eigenvalue weighted by atomic mass is 9.81. The highest BCUT2D eigenvalue weighted by Crippen LogP contribution is 2.25. The molecule has 0 aliphatic rings. The van der Waals surface area contributed by atoms with Crippen molar-refractivity contribution in [1.82, 2.24) is 10.6 Å². The van der Waals surface area contributed by atoms with Crippen molar-refractivity contribution in [2.45, 2.75) is 46.0 Å². The predicted molar refractivity (Wildman–Crippen MR) is 89.3 cm³/mol. The molecule has 0 radical (unpaired) electrons. The van der Waals surface area contributed by atoms with E-state index in [0.717, 1.165) is 32.1 Å². The standard InChI is InChI=1S/C18H32N2/c1-16(2)15-20-13-8-12-19-14-11-18(3,4)17-9-6-5-7-10-17/h5-7,9-10,16,19-20H,8,11-15H2,1-4H3. The maximum absolute atomic E-state index is 3.56. The van der Waals surface area contributed by atoms with Gasteiger partial charge in [-0.1, -0.05) is 58.0 Å². The summed E-state index contributed by atoms with van der Waals surface area (Å²) in [5.41, 5.74) is 1.69. The van der Waals surface area contributed by atoms with Crippen molar-refractivity contribution >= 4 is 0 Å². The summed E-state index contributed by atoms with van der Waals surface area (Å²) < 4.78 is 0. The number of benzene rings is 1. The van der Waals surface area contributed by atoms with Crippen molar-refractivity contribution in [2.24, 2.45) is 5.92 Å². The quantitative estimate of drug-likeness (QED) is 0.638. The molecule has 0 atom stereocenters. The molecule has 1 aromatic rings. The Labute approximate surface area is 125 Å². The van der Waals surface area contributed by atoms with Crippen molar-refractivity contribution in [3.05, 3.63) is 35.9 Å². The Balaban J connectivity index is 2.09. The van der Waals surface area contributed by atoms with Crippen LogP contribution < -0.4 is 10.6 Å². The zero-order chi connectivity index (χ0) is 14.8. The van der Waals surface area contributed by atoms with Crippen LogP contribution in [0.1, 0.15) is 46.1 Å². The van der Waals surface area contributed by atoms with Gasteiger partial charge in [0.15, 0.2) is 0 Å². The molecule has 0 spiro atoms. The zero-order valence-corrected chi connectivity index (χ0v) is 13.7. The highest BCUT2D eigenvalue weighted by Gasteiger charge is 2.19. The lowest BCUT2D eigenvalue weighted by Crippen LogP contribution is -2.28. The lowest BCUT2D eigenvalue weighted by molar-refractivity contribution is 0.452. The molecule has 0 aliphatic heterocycles. The average Bonchev–Trinajstić information content (AvgIpc) is 2.42. The molecule has 0 aliphatic carbocycles. The van der Waals surface area contributed by atoms with Crippen molar-refractivity contribution in [1.29, 1.82) is 0 Å². The van der Waals surface area contributed by atoms with Crippen LogP contribution in [-0.4, -0.2) is 26.2 Å². The van der Waals surface area contributed by atoms with E-state index in [9.17, 15) is 0 Å². The summed E-state index contributed by atoms with van der Waals surface area (Å²) in [5, 5.41) is 7.04. The van der Waals surface area contributed by atoms with Gasteiger partial charge in [0.25, 0.3) is 0 Å². The van der Waals surface area contributed by atoms with Crippen LogP contribution in [0.15, 0.2) is 30.3 Å². The molecule has 0 aromatic heterocycles. The Morgan fingerprint density at radius 2 is 1.60 bits per heavy atom. The second kappa shape index (κ2) is 9.15. The van der Waals surface area contributed by atoms with E-state index >= 15 is 0 Å². The van der Waals surface area contributed by atoms with Gasteiger partial charge in [-0.05, 0) is 55.9 Å². The Morgan fingerprint density at radius 3 is 2.25 bits per heavy atom. The van der Waals surface area contributed by atoms with Crippen LogP contribution in [0.25, 0.3) is 0 Å². The highest BCUT2D eigenvalue weighted by molar-refractivity contribution is 5.23. The first-order valence-electron chi connectivity index (χ1n) is 7.99. The van der Waals surface area contributed by atoms with Gasteiger partial charge in [0.05, 0.1) is 0 Å². The second-order valence-corrected chi connectivity index (χ2v) is 6.70. The van der Waals surface area contributed by atoms with Crippen molar-refractivity contribution in [2.75, 3.05) is 26.2 Å². The van der Waals surface area contributed by atoms with Gasteiger partial charge in [0.1, 0.15) is 0 Å². The molecule has 2 heteroatoms. The molecule has 20 heavy (non-hydrogen) atoms. The van der Waals surface area contributed by atoms with E-state index in [1.54, 1.807) is 0 Å². The van der Waals surface area contributed by atoms with E-state index in [1.165, 1.54) is 18.4 Å². The fraction of sp³-hybridized carbons (Fsp3) is 0.667. The molecule has 2 N–H and O–H groups in total. The number of hydrogen-bond donors (Lipinski definition) is 2. The molecule has 0 unspecified atom stereocenters. The van der Waals surface area contributed by atoms with Crippen molar-refractivity contribution < 1.29 is 0 Å². The average molecular weight is 276 g/mol. The summed E-state index contributed by atoms with van der Waals surface area (Å²) >= 11 is 0. The molecule has 114 valence electrons. The first-order chi connectivity index (χ1) is 9.52. The summed E-state index contributed by atoms with van der Waals surface area (Å²) in [7, 11) is 0. The highest BCUT2D eigenvalue weighted by atomic mass is 14.9. The minimum absolute atomic E-state index is 0.254. The van der Waals surface area contributed by atoms with Gasteiger partial charge in [-0.3, -0.25) is 0 Å². The molecule has 0 saturated heterocycles. The largest absolute Gasteiger partial charge is 0.317 e. The van der Waals surface area contributed by atoms with E-state index in [2.05, 4.69) is 68.7 Å². The normalized spacial score (nSPS) is 12.1. The smallest absolute Gasteiger partial charge is 0.00258 e. The first kappa shape index (κ1) is 17.2. The van der Waals surface area contributed by atoms with Crippen LogP contribution in [0.2, 0.25) is 0 Å². The zero-order valence-electron chi connectivity index (χ0n) is 13.7. The van der Waals surface area contributed by atoms with Gasteiger partial charge in [0.2, 0.25) is 0 Å². The van der Waals surface area contributed by atoms with Gasteiger partial charge < -0.3 is 10.6 Å². The molecular formula is C18H32N2. The van der Waals surface area contributed by atoms with Crippen LogP contribution in [0, 0.1) is 5.92 Å². The van der Waals surface area contributed by atoms with Gasteiger partial charge in [-0.15, -0.1) is 0 Å². The fourth-order valence-electron chi connectivity index (χ4n) is 2.29. The monoisotopic (exact) mass is 276 g/mol. The molecule has 0 heterocycles. The van der Waals surface area contributed by atoms with Gasteiger partial charge in [-0.25, -0.2) is 0 Å². The van der Waals surface area contributed by atoms with E-state index in [0.29, 0.717) is 0 Å². The topological polar surface area (TPSA) is 24.1 Å². The van der Waals surface area contributed by atoms with E-state index in [-0.39, 0.29) is 5.41 Å². The maximum Gasteiger partial charge on any atom is -0.00258 e. The molecule has 1 rings (SSSR count). The van der Waals surface area contributed by atoms with E-state index in [4.69, 9.17) is 0 Å². The summed E-state index contributed by atoms with van der Waals surface area (Å²) in [5.74, 6) is 0.745. The Kier molecular flexibility index (Phi) is 7.86. The number of rotatable bonds is 10. The van der Waals surface area contributed by atoms with Crippen LogP contribution in [0.3, 0.4) is 0 Å². The SMILES string of the molecule is CC(C)CNCCCNCCC(C)(C)c1ccccc1. The third-order valence-corrected chi connectivity index (χ3v) is 3.74. The molecular weight excluding hydrogens is 244 g/mol. The van der Waals surface area contributed by atoms with E-state index < -0.39 is 0 Å². The molecule has 0 saturated carbocycles. The summed E-state index contributed by atoms with van der Waals surface area (Å²) in [6.45, 7) is 13.6. The van der Waals surface area contributed by atoms with E-state index in [1.807, 2.05) is 0 Å². The Hall–Kier alpha value is -0.860. The molecule has 0 bridgehead atoms. The van der Waals surface area contributed by atoms with Gasteiger partial charge in [0, 0.05) is 0 Å². The summed E-state index contributed by atoms with van der Waals surface area (Å²) in [4.78, 5) is 0. The molecule has 0 amide bonds. The fourth-order valence-corrected chi connectivity index (χ4v) is 2.29. The van der Waals surface area contributed by atoms with Crippen molar-refractivity contribution in [3.63, 3.8) is 0 Å². The molecule has 0 fully saturated rings.